The van der Waals surface area contributed by atoms with Crippen LogP contribution in [-0.4, -0.2) is 0 Å². The smallest absolute Gasteiger partial charge is 0.166 e. The van der Waals surface area contributed by atoms with Crippen molar-refractivity contribution in [2.75, 3.05) is 0 Å². The van der Waals surface area contributed by atoms with Gasteiger partial charge in [0.25, 0.3) is 0 Å². The van der Waals surface area contributed by atoms with Crippen LogP contribution >= 0.6 is 0 Å². The number of halogens is 3. The third kappa shape index (κ3) is 3.76. The van der Waals surface area contributed by atoms with Crippen molar-refractivity contribution in [3.8, 4) is 0 Å². The van der Waals surface area contributed by atoms with Crippen LogP contribution in [0.5, 0.6) is 0 Å². The lowest BCUT2D eigenvalue weighted by molar-refractivity contribution is -0.00000538. The maximum absolute atomic E-state index is 13.2. The second-order valence-corrected chi connectivity index (χ2v) is 6.55. The van der Waals surface area contributed by atoms with Gasteiger partial charge in [0.05, 0.1) is 10.9 Å². The molecule has 0 N–H and O–H groups in total. The van der Waals surface area contributed by atoms with Crippen molar-refractivity contribution >= 4 is 10.9 Å². The Balaban J connectivity index is 0.00000176. The van der Waals surface area contributed by atoms with Gasteiger partial charge in [-0.05, 0) is 60.7 Å². The minimum absolute atomic E-state index is 0. The molecule has 4 heteroatoms. The Kier molecular flexibility index (Phi) is 5.75. The molecule has 0 heterocycles. The molecule has 0 radical (unpaired) electrons. The largest absolute Gasteiger partial charge is 1.00 e. The monoisotopic (exact) mass is 378 g/mol. The summed E-state index contributed by atoms with van der Waals surface area (Å²) in [6.07, 6.45) is 0. The van der Waals surface area contributed by atoms with E-state index in [9.17, 15) is 8.78 Å². The SMILES string of the molecule is Fc1ccc([S+](c2ccccc2)c2ccc(F)cc2)cc1.[Br-]. The van der Waals surface area contributed by atoms with Crippen molar-refractivity contribution in [2.24, 2.45) is 0 Å². The Morgan fingerprint density at radius 3 is 1.27 bits per heavy atom. The van der Waals surface area contributed by atoms with Crippen LogP contribution in [0.2, 0.25) is 0 Å². The van der Waals surface area contributed by atoms with E-state index in [2.05, 4.69) is 0 Å². The Morgan fingerprint density at radius 1 is 0.500 bits per heavy atom. The molecule has 0 amide bonds. The highest BCUT2D eigenvalue weighted by Crippen LogP contribution is 2.31. The predicted octanol–water partition coefficient (Wildman–Crippen LogP) is 2.06. The highest BCUT2D eigenvalue weighted by Gasteiger charge is 2.28. The van der Waals surface area contributed by atoms with Gasteiger partial charge < -0.3 is 17.0 Å². The highest BCUT2D eigenvalue weighted by molar-refractivity contribution is 7.97. The van der Waals surface area contributed by atoms with E-state index in [4.69, 9.17) is 0 Å². The highest BCUT2D eigenvalue weighted by atomic mass is 79.9. The minimum Gasteiger partial charge on any atom is -1.00 e. The van der Waals surface area contributed by atoms with Gasteiger partial charge in [0.15, 0.2) is 14.7 Å². The zero-order chi connectivity index (χ0) is 14.7. The van der Waals surface area contributed by atoms with Gasteiger partial charge in [-0.25, -0.2) is 8.78 Å². The molecule has 112 valence electrons. The quantitative estimate of drug-likeness (QED) is 0.612. The van der Waals surface area contributed by atoms with Crippen LogP contribution in [0.1, 0.15) is 0 Å². The standard InChI is InChI=1S/C18H13F2S.BrH/c19-14-6-10-17(11-7-14)21(16-4-2-1-3-5-16)18-12-8-15(20)9-13-18;/h1-13H;1H/q+1;/p-1. The Hall–Kier alpha value is -1.65. The number of hydrogen-bond acceptors (Lipinski definition) is 0. The van der Waals surface area contributed by atoms with Crippen molar-refractivity contribution in [2.45, 2.75) is 14.7 Å². The lowest BCUT2D eigenvalue weighted by Crippen LogP contribution is -3.00. The van der Waals surface area contributed by atoms with E-state index in [1.807, 2.05) is 30.3 Å². The summed E-state index contributed by atoms with van der Waals surface area (Å²) in [5.41, 5.74) is 0. The summed E-state index contributed by atoms with van der Waals surface area (Å²) in [6.45, 7) is 0. The molecule has 3 aromatic rings. The number of benzene rings is 3. The lowest BCUT2D eigenvalue weighted by Gasteiger charge is -2.07. The molecule has 0 aromatic heterocycles. The zero-order valence-corrected chi connectivity index (χ0v) is 14.0. The van der Waals surface area contributed by atoms with E-state index in [-0.39, 0.29) is 39.5 Å². The van der Waals surface area contributed by atoms with Crippen LogP contribution < -0.4 is 17.0 Å². The molecule has 0 unspecified atom stereocenters. The third-order valence-electron chi connectivity index (χ3n) is 3.08. The molecule has 3 aromatic carbocycles. The molecule has 0 nitrogen and oxygen atoms in total. The summed E-state index contributed by atoms with van der Waals surface area (Å²) in [7, 11) is -0.365. The minimum atomic E-state index is -0.365. The van der Waals surface area contributed by atoms with Gasteiger partial charge in [-0.3, -0.25) is 0 Å². The number of rotatable bonds is 3. The molecule has 0 aliphatic heterocycles. The maximum atomic E-state index is 13.2. The van der Waals surface area contributed by atoms with E-state index in [1.54, 1.807) is 24.3 Å². The van der Waals surface area contributed by atoms with Gasteiger partial charge in [-0.2, -0.15) is 0 Å². The summed E-state index contributed by atoms with van der Waals surface area (Å²) in [6, 6.07) is 23.0. The maximum Gasteiger partial charge on any atom is 0.166 e. The second-order valence-electron chi connectivity index (χ2n) is 4.53. The summed E-state index contributed by atoms with van der Waals surface area (Å²) in [5.74, 6) is -0.510. The Labute approximate surface area is 141 Å². The predicted molar refractivity (Wildman–Crippen MR) is 81.4 cm³/mol. The van der Waals surface area contributed by atoms with Gasteiger partial charge in [-0.1, -0.05) is 18.2 Å². The first-order chi connectivity index (χ1) is 10.2. The van der Waals surface area contributed by atoms with Crippen LogP contribution in [0.3, 0.4) is 0 Å². The molecule has 0 aliphatic carbocycles. The Morgan fingerprint density at radius 2 is 0.864 bits per heavy atom. The molecule has 0 fully saturated rings. The molecule has 0 aliphatic rings. The van der Waals surface area contributed by atoms with Crippen LogP contribution in [0.15, 0.2) is 93.5 Å². The van der Waals surface area contributed by atoms with Crippen LogP contribution in [-0.2, 0) is 10.9 Å². The van der Waals surface area contributed by atoms with Crippen molar-refractivity contribution in [3.63, 3.8) is 0 Å². The van der Waals surface area contributed by atoms with E-state index in [0.29, 0.717) is 0 Å². The molecular formula is C18H13BrF2S. The van der Waals surface area contributed by atoms with Crippen molar-refractivity contribution in [3.05, 3.63) is 90.5 Å². The summed E-state index contributed by atoms with van der Waals surface area (Å²) in [4.78, 5) is 3.14. The third-order valence-corrected chi connectivity index (χ3v) is 5.31. The first kappa shape index (κ1) is 16.7. The fourth-order valence-corrected chi connectivity index (χ4v) is 4.17. The van der Waals surface area contributed by atoms with Crippen LogP contribution in [0.25, 0.3) is 0 Å². The van der Waals surface area contributed by atoms with E-state index in [1.165, 1.54) is 24.3 Å². The van der Waals surface area contributed by atoms with Gasteiger partial charge in [-0.15, -0.1) is 0 Å². The van der Waals surface area contributed by atoms with Gasteiger partial charge in [0.1, 0.15) is 11.6 Å². The van der Waals surface area contributed by atoms with Gasteiger partial charge in [0, 0.05) is 0 Å². The molecule has 0 bridgehead atoms. The van der Waals surface area contributed by atoms with Gasteiger partial charge in [0.2, 0.25) is 0 Å². The van der Waals surface area contributed by atoms with Crippen molar-refractivity contribution < 1.29 is 25.8 Å². The van der Waals surface area contributed by atoms with Crippen molar-refractivity contribution in [1.29, 1.82) is 0 Å². The molecule has 3 rings (SSSR count). The van der Waals surface area contributed by atoms with E-state index in [0.717, 1.165) is 14.7 Å². The van der Waals surface area contributed by atoms with E-state index < -0.39 is 0 Å². The molecule has 0 saturated heterocycles. The van der Waals surface area contributed by atoms with Crippen LogP contribution in [0.4, 0.5) is 8.78 Å². The molecular weight excluding hydrogens is 366 g/mol. The average Bonchev–Trinajstić information content (AvgIpc) is 2.52. The average molecular weight is 379 g/mol. The first-order valence-corrected chi connectivity index (χ1v) is 7.77. The van der Waals surface area contributed by atoms with Crippen molar-refractivity contribution in [1.82, 2.24) is 0 Å². The molecule has 0 atom stereocenters. The lowest BCUT2D eigenvalue weighted by atomic mass is 10.3. The fourth-order valence-electron chi connectivity index (χ4n) is 2.11. The topological polar surface area (TPSA) is 0 Å². The van der Waals surface area contributed by atoms with Crippen LogP contribution in [0, 0.1) is 11.6 Å². The summed E-state index contributed by atoms with van der Waals surface area (Å²) < 4.78 is 26.3. The second kappa shape index (κ2) is 7.56. The normalized spacial score (nSPS) is 10.3. The molecule has 0 saturated carbocycles. The summed E-state index contributed by atoms with van der Waals surface area (Å²) >= 11 is 0. The van der Waals surface area contributed by atoms with E-state index >= 15 is 0 Å². The number of hydrogen-bond donors (Lipinski definition) is 0. The first-order valence-electron chi connectivity index (χ1n) is 6.54. The molecule has 22 heavy (non-hydrogen) atoms. The molecule has 0 spiro atoms. The Bertz CT molecular complexity index is 667. The zero-order valence-electron chi connectivity index (χ0n) is 11.5. The summed E-state index contributed by atoms with van der Waals surface area (Å²) in [5, 5.41) is 0. The fraction of sp³-hybridized carbons (Fsp3) is 0. The van der Waals surface area contributed by atoms with Gasteiger partial charge >= 0.3 is 0 Å².